The predicted octanol–water partition coefficient (Wildman–Crippen LogP) is 22.1. The molecule has 0 aromatic heterocycles. The van der Waals surface area contributed by atoms with Crippen LogP contribution in [0, 0.1) is 0 Å². The van der Waals surface area contributed by atoms with E-state index >= 15 is 0 Å². The second-order valence-corrected chi connectivity index (χ2v) is 23.8. The molecular formula is C78H108O10. The van der Waals surface area contributed by atoms with Crippen molar-refractivity contribution in [1.29, 1.82) is 0 Å². The largest absolute Gasteiger partial charge is 0.507 e. The Morgan fingerprint density at radius 1 is 0.284 bits per heavy atom. The van der Waals surface area contributed by atoms with Crippen LogP contribution in [-0.2, 0) is 0 Å². The SMILES string of the molecule is CCCCCCCCCCCCOc1ccc(C(=O)c2cccc(C(=O)c3ccc(OCCCCCCCCCCCC)cc3O)c2)c(O)c1.CCCCCCCCOc1ccc(-c2cccc(-c3ccc(OCCCCCCCC)cc3O)c2)c(O)c1. The van der Waals surface area contributed by atoms with Crippen LogP contribution in [0.2, 0.25) is 0 Å². The van der Waals surface area contributed by atoms with Gasteiger partial charge >= 0.3 is 0 Å². The molecule has 6 aromatic carbocycles. The normalized spacial score (nSPS) is 11.0. The van der Waals surface area contributed by atoms with Gasteiger partial charge in [0.2, 0.25) is 0 Å². The number of benzene rings is 6. The maximum Gasteiger partial charge on any atom is 0.196 e. The Kier molecular flexibility index (Phi) is 35.6. The summed E-state index contributed by atoms with van der Waals surface area (Å²) in [5.41, 5.74) is 4.02. The van der Waals surface area contributed by atoms with Crippen LogP contribution in [0.1, 0.15) is 265 Å². The quantitative estimate of drug-likeness (QED) is 0.0215. The lowest BCUT2D eigenvalue weighted by molar-refractivity contribution is 0.103. The smallest absolute Gasteiger partial charge is 0.196 e. The number of phenols is 4. The molecule has 4 N–H and O–H groups in total. The minimum absolute atomic E-state index is 0.132. The zero-order chi connectivity index (χ0) is 62.8. The van der Waals surface area contributed by atoms with Gasteiger partial charge in [0.1, 0.15) is 46.0 Å². The molecule has 480 valence electrons. The number of ketones is 2. The predicted molar refractivity (Wildman–Crippen MR) is 363 cm³/mol. The molecule has 0 unspecified atom stereocenters. The zero-order valence-corrected chi connectivity index (χ0v) is 54.2. The Labute approximate surface area is 529 Å². The van der Waals surface area contributed by atoms with Crippen molar-refractivity contribution in [3.8, 4) is 68.2 Å². The molecule has 0 saturated heterocycles. The molecule has 88 heavy (non-hydrogen) atoms. The maximum atomic E-state index is 13.3. The topological polar surface area (TPSA) is 152 Å². The van der Waals surface area contributed by atoms with Crippen molar-refractivity contribution < 1.29 is 49.0 Å². The Morgan fingerprint density at radius 2 is 0.545 bits per heavy atom. The van der Waals surface area contributed by atoms with Crippen molar-refractivity contribution in [2.75, 3.05) is 26.4 Å². The van der Waals surface area contributed by atoms with E-state index in [9.17, 15) is 30.0 Å². The van der Waals surface area contributed by atoms with Crippen LogP contribution in [-0.4, -0.2) is 58.4 Å². The van der Waals surface area contributed by atoms with Crippen LogP contribution < -0.4 is 18.9 Å². The highest BCUT2D eigenvalue weighted by Crippen LogP contribution is 2.38. The molecule has 0 heterocycles. The Morgan fingerprint density at radius 3 is 0.830 bits per heavy atom. The highest BCUT2D eigenvalue weighted by Gasteiger charge is 2.20. The van der Waals surface area contributed by atoms with Crippen LogP contribution in [0.3, 0.4) is 0 Å². The average Bonchev–Trinajstić information content (AvgIpc) is 1.74. The zero-order valence-electron chi connectivity index (χ0n) is 54.2. The Hall–Kier alpha value is -6.94. The van der Waals surface area contributed by atoms with Crippen LogP contribution >= 0.6 is 0 Å². The molecule has 0 aliphatic rings. The van der Waals surface area contributed by atoms with E-state index in [1.165, 1.54) is 185 Å². The van der Waals surface area contributed by atoms with Crippen molar-refractivity contribution in [3.63, 3.8) is 0 Å². The van der Waals surface area contributed by atoms with Crippen LogP contribution in [0.25, 0.3) is 22.3 Å². The lowest BCUT2D eigenvalue weighted by Crippen LogP contribution is -2.07. The molecule has 6 aromatic rings. The molecule has 0 amide bonds. The fraction of sp³-hybridized carbons (Fsp3) is 0.513. The fourth-order valence-electron chi connectivity index (χ4n) is 10.9. The van der Waals surface area contributed by atoms with Crippen molar-refractivity contribution in [2.24, 2.45) is 0 Å². The number of ether oxygens (including phenoxy) is 4. The van der Waals surface area contributed by atoms with E-state index < -0.39 is 11.6 Å². The monoisotopic (exact) mass is 1200 g/mol. The maximum absolute atomic E-state index is 13.3. The van der Waals surface area contributed by atoms with E-state index in [2.05, 4.69) is 27.7 Å². The second-order valence-electron chi connectivity index (χ2n) is 23.8. The van der Waals surface area contributed by atoms with Crippen molar-refractivity contribution in [2.45, 2.75) is 233 Å². The number of phenolic OH excluding ortho intramolecular Hbond substituents is 4. The molecule has 0 fully saturated rings. The summed E-state index contributed by atoms with van der Waals surface area (Å²) in [5.74, 6) is 1.63. The molecule has 10 heteroatoms. The second kappa shape index (κ2) is 43.7. The van der Waals surface area contributed by atoms with Gasteiger partial charge < -0.3 is 39.4 Å². The summed E-state index contributed by atoms with van der Waals surface area (Å²) < 4.78 is 23.4. The molecule has 0 bridgehead atoms. The lowest BCUT2D eigenvalue weighted by Gasteiger charge is -2.12. The third-order valence-electron chi connectivity index (χ3n) is 16.3. The molecule has 10 nitrogen and oxygen atoms in total. The summed E-state index contributed by atoms with van der Waals surface area (Å²) in [6, 6.07) is 34.6. The highest BCUT2D eigenvalue weighted by atomic mass is 16.5. The van der Waals surface area contributed by atoms with Gasteiger partial charge in [0.25, 0.3) is 0 Å². The van der Waals surface area contributed by atoms with Crippen LogP contribution in [0.15, 0.2) is 121 Å². The van der Waals surface area contributed by atoms with Gasteiger partial charge in [-0.25, -0.2) is 0 Å². The van der Waals surface area contributed by atoms with Crippen molar-refractivity contribution >= 4 is 11.6 Å². The summed E-state index contributed by atoms with van der Waals surface area (Å²) in [7, 11) is 0. The van der Waals surface area contributed by atoms with Crippen LogP contribution in [0.5, 0.6) is 46.0 Å². The first-order valence-electron chi connectivity index (χ1n) is 34.2. The van der Waals surface area contributed by atoms with E-state index in [1.54, 1.807) is 54.6 Å². The highest BCUT2D eigenvalue weighted by molar-refractivity contribution is 6.14. The Balaban J connectivity index is 0.000000332. The van der Waals surface area contributed by atoms with Gasteiger partial charge in [-0.1, -0.05) is 244 Å². The first kappa shape index (κ1) is 71.8. The van der Waals surface area contributed by atoms with Crippen LogP contribution in [0.4, 0.5) is 0 Å². The first-order valence-corrected chi connectivity index (χ1v) is 34.2. The van der Waals surface area contributed by atoms with E-state index in [-0.39, 0.29) is 45.3 Å². The summed E-state index contributed by atoms with van der Waals surface area (Å²) in [6.45, 7) is 11.4. The van der Waals surface area contributed by atoms with E-state index in [0.717, 1.165) is 60.8 Å². The third kappa shape index (κ3) is 27.2. The molecule has 6 rings (SSSR count). The number of hydrogen-bond donors (Lipinski definition) is 4. The Bertz CT molecular complexity index is 2710. The molecule has 0 aliphatic heterocycles. The first-order chi connectivity index (χ1) is 43.1. The fourth-order valence-corrected chi connectivity index (χ4v) is 10.9. The van der Waals surface area contributed by atoms with Gasteiger partial charge in [-0.15, -0.1) is 0 Å². The minimum atomic E-state index is -0.404. The number of hydrogen-bond acceptors (Lipinski definition) is 10. The van der Waals surface area contributed by atoms with Gasteiger partial charge in [0.15, 0.2) is 11.6 Å². The van der Waals surface area contributed by atoms with Gasteiger partial charge in [-0.2, -0.15) is 0 Å². The number of aromatic hydroxyl groups is 4. The number of unbranched alkanes of at least 4 members (excludes halogenated alkanes) is 28. The summed E-state index contributed by atoms with van der Waals surface area (Å²) in [5, 5.41) is 42.8. The number of carbonyl (C=O) groups excluding carboxylic acids is 2. The summed E-state index contributed by atoms with van der Waals surface area (Å²) >= 11 is 0. The van der Waals surface area contributed by atoms with Gasteiger partial charge in [-0.3, -0.25) is 9.59 Å². The van der Waals surface area contributed by atoms with Crippen molar-refractivity contribution in [3.05, 3.63) is 144 Å². The number of carbonyl (C=O) groups is 2. The standard InChI is InChI=1S/C44H62O6.C34H46O4/c1-3-5-7-9-11-13-15-17-19-21-30-49-37-26-28-39(41(45)33-37)43(47)35-24-23-25-36(32-35)44(48)40-29-27-38(34-42(40)46)50-31-22-20-18-16-14-12-10-8-6-4-2;1-3-5-7-9-11-13-22-37-29-18-20-31(33(35)25-29)27-16-15-17-28(24-27)32-21-19-30(26-34(32)36)38-23-14-12-10-8-6-4-2/h23-29,32-34,45-46H,3-22,30-31H2,1-2H3;15-21,24-26,35-36H,3-14,22-23H2,1-2H3. The van der Waals surface area contributed by atoms with Gasteiger partial charge in [0, 0.05) is 46.5 Å². The molecule has 0 aliphatic carbocycles. The van der Waals surface area contributed by atoms with E-state index in [4.69, 9.17) is 18.9 Å². The number of rotatable bonds is 46. The molecule has 0 radical (unpaired) electrons. The molecular weight excluding hydrogens is 1100 g/mol. The van der Waals surface area contributed by atoms with E-state index in [0.29, 0.717) is 49.4 Å². The van der Waals surface area contributed by atoms with Gasteiger partial charge in [0.05, 0.1) is 37.6 Å². The average molecular weight is 1210 g/mol. The summed E-state index contributed by atoms with van der Waals surface area (Å²) in [6.07, 6.45) is 39.6. The minimum Gasteiger partial charge on any atom is -0.507 e. The third-order valence-corrected chi connectivity index (χ3v) is 16.3. The molecule has 0 spiro atoms. The van der Waals surface area contributed by atoms with Crippen molar-refractivity contribution in [1.82, 2.24) is 0 Å². The lowest BCUT2D eigenvalue weighted by atomic mass is 9.96. The van der Waals surface area contributed by atoms with Gasteiger partial charge in [-0.05, 0) is 97.5 Å². The van der Waals surface area contributed by atoms with E-state index in [1.807, 2.05) is 48.5 Å². The summed E-state index contributed by atoms with van der Waals surface area (Å²) in [4.78, 5) is 26.7. The molecule has 0 atom stereocenters. The molecule has 0 saturated carbocycles.